The highest BCUT2D eigenvalue weighted by molar-refractivity contribution is 7.99. The van der Waals surface area contributed by atoms with Gasteiger partial charge >= 0.3 is 6.18 Å². The monoisotopic (exact) mass is 215 g/mol. The molecule has 5 heteroatoms. The molecular weight excluding hydrogens is 199 g/mol. The van der Waals surface area contributed by atoms with Crippen LogP contribution in [0.25, 0.3) is 0 Å². The summed E-state index contributed by atoms with van der Waals surface area (Å²) in [7, 11) is 0. The zero-order valence-corrected chi connectivity index (χ0v) is 8.76. The first-order valence-electron chi connectivity index (χ1n) is 4.26. The Kier molecular flexibility index (Phi) is 6.59. The number of alkyl halides is 3. The Morgan fingerprint density at radius 2 is 1.92 bits per heavy atom. The van der Waals surface area contributed by atoms with Crippen molar-refractivity contribution in [1.29, 1.82) is 0 Å². The van der Waals surface area contributed by atoms with Crippen molar-refractivity contribution >= 4 is 11.8 Å². The predicted molar refractivity (Wildman–Crippen MR) is 51.1 cm³/mol. The first-order valence-corrected chi connectivity index (χ1v) is 5.55. The minimum absolute atomic E-state index is 0.0323. The molecule has 80 valence electrons. The summed E-state index contributed by atoms with van der Waals surface area (Å²) in [6.45, 7) is 2.76. The second kappa shape index (κ2) is 6.54. The minimum atomic E-state index is -4.03. The first kappa shape index (κ1) is 13.1. The van der Waals surface area contributed by atoms with E-state index in [2.05, 4.69) is 12.2 Å². The molecule has 0 fully saturated rings. The lowest BCUT2D eigenvalue weighted by molar-refractivity contribution is -0.133. The van der Waals surface area contributed by atoms with Crippen molar-refractivity contribution in [3.8, 4) is 0 Å². The number of nitrogens with one attached hydrogen (secondary N) is 1. The topological polar surface area (TPSA) is 12.0 Å². The maximum absolute atomic E-state index is 11.7. The second-order valence-electron chi connectivity index (χ2n) is 2.95. The third-order valence-corrected chi connectivity index (χ3v) is 2.76. The van der Waals surface area contributed by atoms with Gasteiger partial charge in [-0.15, -0.1) is 0 Å². The maximum atomic E-state index is 11.7. The normalized spacial score (nSPS) is 14.5. The van der Waals surface area contributed by atoms with Crippen molar-refractivity contribution in [3.05, 3.63) is 0 Å². The largest absolute Gasteiger partial charge is 0.390 e. The lowest BCUT2D eigenvalue weighted by Crippen LogP contribution is -2.23. The van der Waals surface area contributed by atoms with Gasteiger partial charge in [-0.3, -0.25) is 0 Å². The molecule has 1 nitrogen and oxygen atoms in total. The molecular formula is C8H16F3NS. The Bertz CT molecular complexity index is 127. The number of hydrogen-bond donors (Lipinski definition) is 1. The molecule has 0 saturated carbocycles. The summed E-state index contributed by atoms with van der Waals surface area (Å²) in [5, 5.41) is 3.29. The van der Waals surface area contributed by atoms with Crippen LogP contribution in [0.15, 0.2) is 0 Å². The van der Waals surface area contributed by atoms with Crippen molar-refractivity contribution in [2.45, 2.75) is 31.2 Å². The third kappa shape index (κ3) is 10.0. The lowest BCUT2D eigenvalue weighted by Gasteiger charge is -2.10. The highest BCUT2D eigenvalue weighted by Gasteiger charge is 2.25. The second-order valence-corrected chi connectivity index (χ2v) is 4.23. The van der Waals surface area contributed by atoms with E-state index in [9.17, 15) is 13.2 Å². The number of hydrogen-bond acceptors (Lipinski definition) is 2. The summed E-state index contributed by atoms with van der Waals surface area (Å²) in [6, 6.07) is 0. The van der Waals surface area contributed by atoms with Crippen molar-refractivity contribution in [2.24, 2.45) is 0 Å². The zero-order valence-electron chi connectivity index (χ0n) is 7.95. The molecule has 0 amide bonds. The maximum Gasteiger partial charge on any atom is 0.390 e. The fourth-order valence-corrected chi connectivity index (χ4v) is 1.13. The van der Waals surface area contributed by atoms with Gasteiger partial charge in [-0.05, 0) is 19.2 Å². The van der Waals surface area contributed by atoms with Crippen LogP contribution in [0.1, 0.15) is 19.8 Å². The van der Waals surface area contributed by atoms with E-state index in [-0.39, 0.29) is 6.54 Å². The first-order chi connectivity index (χ1) is 5.95. The molecule has 1 N–H and O–H groups in total. The van der Waals surface area contributed by atoms with E-state index >= 15 is 0 Å². The molecule has 0 aliphatic heterocycles. The van der Waals surface area contributed by atoms with Crippen molar-refractivity contribution in [3.63, 3.8) is 0 Å². The summed E-state index contributed by atoms with van der Waals surface area (Å²) in [4.78, 5) is 0. The van der Waals surface area contributed by atoms with Crippen LogP contribution in [-0.4, -0.2) is 30.8 Å². The van der Waals surface area contributed by atoms with Crippen LogP contribution in [0.4, 0.5) is 13.2 Å². The SMILES string of the molecule is CSC(C)CCNCCC(F)(F)F. The average Bonchev–Trinajstić information content (AvgIpc) is 2.01. The van der Waals surface area contributed by atoms with E-state index in [1.54, 1.807) is 11.8 Å². The van der Waals surface area contributed by atoms with E-state index in [0.717, 1.165) is 6.42 Å². The van der Waals surface area contributed by atoms with Crippen LogP contribution in [0.5, 0.6) is 0 Å². The Balaban J connectivity index is 3.18. The predicted octanol–water partition coefficient (Wildman–Crippen LogP) is 2.67. The molecule has 0 saturated heterocycles. The highest BCUT2D eigenvalue weighted by atomic mass is 32.2. The highest BCUT2D eigenvalue weighted by Crippen LogP contribution is 2.18. The van der Waals surface area contributed by atoms with Gasteiger partial charge in [0.1, 0.15) is 0 Å². The molecule has 0 rings (SSSR count). The van der Waals surface area contributed by atoms with Gasteiger partial charge in [-0.1, -0.05) is 6.92 Å². The summed E-state index contributed by atoms with van der Waals surface area (Å²) in [5.41, 5.74) is 0. The molecule has 13 heavy (non-hydrogen) atoms. The van der Waals surface area contributed by atoms with E-state index in [1.165, 1.54) is 0 Å². The Labute approximate surface area is 81.5 Å². The summed E-state index contributed by atoms with van der Waals surface area (Å²) in [6.07, 6.45) is -1.85. The molecule has 0 aromatic carbocycles. The molecule has 1 unspecified atom stereocenters. The van der Waals surface area contributed by atoms with Gasteiger partial charge in [0.15, 0.2) is 0 Å². The van der Waals surface area contributed by atoms with Crippen molar-refractivity contribution in [2.75, 3.05) is 19.3 Å². The molecule has 0 spiro atoms. The summed E-state index contributed by atoms with van der Waals surface area (Å²) >= 11 is 1.73. The standard InChI is InChI=1S/C8H16F3NS/c1-7(13-2)3-5-12-6-4-8(9,10)11/h7,12H,3-6H2,1-2H3. The van der Waals surface area contributed by atoms with E-state index in [1.807, 2.05) is 6.26 Å². The molecule has 0 aromatic rings. The molecule has 0 radical (unpaired) electrons. The molecule has 0 bridgehead atoms. The van der Waals surface area contributed by atoms with Crippen LogP contribution < -0.4 is 5.32 Å². The number of thioether (sulfide) groups is 1. The van der Waals surface area contributed by atoms with Gasteiger partial charge in [0.05, 0.1) is 6.42 Å². The van der Waals surface area contributed by atoms with Crippen LogP contribution >= 0.6 is 11.8 Å². The van der Waals surface area contributed by atoms with Gasteiger partial charge in [0.25, 0.3) is 0 Å². The van der Waals surface area contributed by atoms with Crippen LogP contribution in [0.3, 0.4) is 0 Å². The minimum Gasteiger partial charge on any atom is -0.316 e. The fraction of sp³-hybridized carbons (Fsp3) is 1.00. The van der Waals surface area contributed by atoms with Crippen LogP contribution in [0, 0.1) is 0 Å². The van der Waals surface area contributed by atoms with Crippen molar-refractivity contribution < 1.29 is 13.2 Å². The summed E-state index contributed by atoms with van der Waals surface area (Å²) < 4.78 is 35.0. The van der Waals surface area contributed by atoms with Gasteiger partial charge in [-0.2, -0.15) is 24.9 Å². The quantitative estimate of drug-likeness (QED) is 0.684. The molecule has 0 aromatic heterocycles. The van der Waals surface area contributed by atoms with Crippen molar-refractivity contribution in [1.82, 2.24) is 5.32 Å². The van der Waals surface area contributed by atoms with Gasteiger partial charge in [0, 0.05) is 11.8 Å². The Morgan fingerprint density at radius 1 is 1.31 bits per heavy atom. The molecule has 1 atom stereocenters. The van der Waals surface area contributed by atoms with Gasteiger partial charge < -0.3 is 5.32 Å². The molecule has 0 heterocycles. The average molecular weight is 215 g/mol. The Morgan fingerprint density at radius 3 is 2.38 bits per heavy atom. The zero-order chi connectivity index (χ0) is 10.3. The smallest absolute Gasteiger partial charge is 0.316 e. The van der Waals surface area contributed by atoms with Gasteiger partial charge in [0.2, 0.25) is 0 Å². The Hall–Kier alpha value is 0.100. The third-order valence-electron chi connectivity index (χ3n) is 1.72. The van der Waals surface area contributed by atoms with Crippen LogP contribution in [0.2, 0.25) is 0 Å². The van der Waals surface area contributed by atoms with E-state index in [0.29, 0.717) is 11.8 Å². The number of rotatable bonds is 6. The fourth-order valence-electron chi connectivity index (χ4n) is 0.778. The van der Waals surface area contributed by atoms with E-state index < -0.39 is 12.6 Å². The molecule has 0 aliphatic rings. The molecule has 0 aliphatic carbocycles. The summed E-state index contributed by atoms with van der Waals surface area (Å²) in [5.74, 6) is 0. The lowest BCUT2D eigenvalue weighted by atomic mass is 10.3. The van der Waals surface area contributed by atoms with Crippen LogP contribution in [-0.2, 0) is 0 Å². The van der Waals surface area contributed by atoms with Gasteiger partial charge in [-0.25, -0.2) is 0 Å². The van der Waals surface area contributed by atoms with E-state index in [4.69, 9.17) is 0 Å². The number of halogens is 3.